The number of rotatable bonds is 6. The van der Waals surface area contributed by atoms with E-state index in [1.807, 2.05) is 0 Å². The van der Waals surface area contributed by atoms with Gasteiger partial charge >= 0.3 is 5.97 Å². The Morgan fingerprint density at radius 3 is 2.62 bits per heavy atom. The summed E-state index contributed by atoms with van der Waals surface area (Å²) in [5.74, 6) is -0.365. The van der Waals surface area contributed by atoms with Crippen LogP contribution < -0.4 is 5.32 Å². The topological polar surface area (TPSA) is 75.6 Å². The van der Waals surface area contributed by atoms with Gasteiger partial charge in [-0.25, -0.2) is 0 Å². The molecule has 2 atom stereocenters. The van der Waals surface area contributed by atoms with Crippen LogP contribution in [0.5, 0.6) is 0 Å². The van der Waals surface area contributed by atoms with E-state index in [0.29, 0.717) is 25.4 Å². The summed E-state index contributed by atoms with van der Waals surface area (Å²) in [4.78, 5) is 23.4. The van der Waals surface area contributed by atoms with Crippen molar-refractivity contribution in [3.63, 3.8) is 0 Å². The number of carboxylic acids is 1. The van der Waals surface area contributed by atoms with Gasteiger partial charge in [-0.2, -0.15) is 0 Å². The normalized spacial score (nSPS) is 28.0. The zero-order valence-electron chi connectivity index (χ0n) is 13.1. The summed E-state index contributed by atoms with van der Waals surface area (Å²) < 4.78 is 5.73. The first-order valence-corrected chi connectivity index (χ1v) is 8.06. The zero-order chi connectivity index (χ0) is 15.5. The zero-order valence-corrected chi connectivity index (χ0v) is 13.1. The second-order valence-electron chi connectivity index (χ2n) is 7.03. The maximum atomic E-state index is 12.1. The van der Waals surface area contributed by atoms with Crippen molar-refractivity contribution in [3.05, 3.63) is 0 Å². The van der Waals surface area contributed by atoms with Gasteiger partial charge < -0.3 is 15.2 Å². The molecule has 2 aliphatic rings. The van der Waals surface area contributed by atoms with Crippen molar-refractivity contribution in [2.75, 3.05) is 6.61 Å². The standard InChI is InChI=1S/C16H27NO4/c1-11(2)8-13-9-12(4-7-21-13)17-14(18)10-16(15(19)20)5-3-6-16/h11-13H,3-10H2,1-2H3,(H,17,18)(H,19,20). The molecule has 1 amide bonds. The molecule has 1 aliphatic carbocycles. The van der Waals surface area contributed by atoms with E-state index in [9.17, 15) is 14.7 Å². The molecule has 0 spiro atoms. The van der Waals surface area contributed by atoms with E-state index in [1.54, 1.807) is 0 Å². The predicted molar refractivity (Wildman–Crippen MR) is 78.9 cm³/mol. The van der Waals surface area contributed by atoms with Crippen LogP contribution in [0.25, 0.3) is 0 Å². The fourth-order valence-electron chi connectivity index (χ4n) is 3.36. The lowest BCUT2D eigenvalue weighted by Gasteiger charge is -2.38. The average Bonchev–Trinajstić information content (AvgIpc) is 2.33. The summed E-state index contributed by atoms with van der Waals surface area (Å²) in [6.45, 7) is 5.00. The minimum Gasteiger partial charge on any atom is -0.481 e. The molecule has 2 unspecified atom stereocenters. The number of nitrogens with one attached hydrogen (secondary N) is 1. The lowest BCUT2D eigenvalue weighted by Crippen LogP contribution is -2.47. The highest BCUT2D eigenvalue weighted by Crippen LogP contribution is 2.44. The molecule has 2 rings (SSSR count). The van der Waals surface area contributed by atoms with Crippen LogP contribution in [0.15, 0.2) is 0 Å². The number of ether oxygens (including phenoxy) is 1. The maximum Gasteiger partial charge on any atom is 0.310 e. The van der Waals surface area contributed by atoms with E-state index < -0.39 is 11.4 Å². The molecule has 120 valence electrons. The van der Waals surface area contributed by atoms with Gasteiger partial charge in [0.2, 0.25) is 5.91 Å². The molecule has 21 heavy (non-hydrogen) atoms. The van der Waals surface area contributed by atoms with Crippen molar-refractivity contribution in [2.45, 2.75) is 70.9 Å². The molecule has 0 bridgehead atoms. The molecule has 1 aliphatic heterocycles. The smallest absolute Gasteiger partial charge is 0.310 e. The molecule has 0 aromatic carbocycles. The van der Waals surface area contributed by atoms with Crippen LogP contribution in [-0.2, 0) is 14.3 Å². The van der Waals surface area contributed by atoms with Crippen LogP contribution in [0.2, 0.25) is 0 Å². The Labute approximate surface area is 126 Å². The van der Waals surface area contributed by atoms with Crippen LogP contribution >= 0.6 is 0 Å². The number of carbonyl (C=O) groups is 2. The highest BCUT2D eigenvalue weighted by atomic mass is 16.5. The van der Waals surface area contributed by atoms with E-state index >= 15 is 0 Å². The summed E-state index contributed by atoms with van der Waals surface area (Å²) in [7, 11) is 0. The molecule has 0 aromatic rings. The van der Waals surface area contributed by atoms with Gasteiger partial charge in [-0.3, -0.25) is 9.59 Å². The van der Waals surface area contributed by atoms with Gasteiger partial charge in [-0.05, 0) is 38.0 Å². The largest absolute Gasteiger partial charge is 0.481 e. The fraction of sp³-hybridized carbons (Fsp3) is 0.875. The first kappa shape index (κ1) is 16.3. The number of hydrogen-bond acceptors (Lipinski definition) is 3. The number of amides is 1. The van der Waals surface area contributed by atoms with Crippen LogP contribution in [0.3, 0.4) is 0 Å². The molecular weight excluding hydrogens is 270 g/mol. The van der Waals surface area contributed by atoms with Crippen molar-refractivity contribution in [1.82, 2.24) is 5.32 Å². The quantitative estimate of drug-likeness (QED) is 0.789. The molecule has 1 saturated carbocycles. The molecule has 0 radical (unpaired) electrons. The van der Waals surface area contributed by atoms with Gasteiger partial charge in [0.15, 0.2) is 0 Å². The first-order chi connectivity index (χ1) is 9.91. The maximum absolute atomic E-state index is 12.1. The van der Waals surface area contributed by atoms with Gasteiger partial charge in [0, 0.05) is 19.1 Å². The minimum atomic E-state index is -0.825. The van der Waals surface area contributed by atoms with Crippen LogP contribution in [-0.4, -0.2) is 35.7 Å². The Kier molecular flexibility index (Phi) is 5.25. The van der Waals surface area contributed by atoms with Gasteiger partial charge in [0.25, 0.3) is 0 Å². The third kappa shape index (κ3) is 4.19. The summed E-state index contributed by atoms with van der Waals surface area (Å²) in [5.41, 5.74) is -0.799. The Hall–Kier alpha value is -1.10. The molecule has 0 aromatic heterocycles. The fourth-order valence-corrected chi connectivity index (χ4v) is 3.36. The van der Waals surface area contributed by atoms with E-state index in [-0.39, 0.29) is 24.5 Å². The second-order valence-corrected chi connectivity index (χ2v) is 7.03. The molecule has 5 heteroatoms. The number of carbonyl (C=O) groups excluding carboxylic acids is 1. The summed E-state index contributed by atoms with van der Waals surface area (Å²) in [6, 6.07) is 0.126. The van der Waals surface area contributed by atoms with E-state index in [2.05, 4.69) is 19.2 Å². The lowest BCUT2D eigenvalue weighted by atomic mass is 9.66. The summed E-state index contributed by atoms with van der Waals surface area (Å²) >= 11 is 0. The molecule has 1 heterocycles. The minimum absolute atomic E-state index is 0.118. The van der Waals surface area contributed by atoms with E-state index in [0.717, 1.165) is 25.7 Å². The van der Waals surface area contributed by atoms with Crippen LogP contribution in [0.4, 0.5) is 0 Å². The Morgan fingerprint density at radius 2 is 2.10 bits per heavy atom. The monoisotopic (exact) mass is 297 g/mol. The van der Waals surface area contributed by atoms with Crippen molar-refractivity contribution in [2.24, 2.45) is 11.3 Å². The van der Waals surface area contributed by atoms with E-state index in [1.165, 1.54) is 0 Å². The number of aliphatic carboxylic acids is 1. The SMILES string of the molecule is CC(C)CC1CC(NC(=O)CC2(C(=O)O)CCC2)CCO1. The number of carboxylic acid groups (broad SMARTS) is 1. The highest BCUT2D eigenvalue weighted by molar-refractivity contribution is 5.85. The first-order valence-electron chi connectivity index (χ1n) is 8.06. The van der Waals surface area contributed by atoms with Crippen molar-refractivity contribution in [3.8, 4) is 0 Å². The molecule has 2 N–H and O–H groups in total. The Balaban J connectivity index is 1.81. The van der Waals surface area contributed by atoms with Crippen molar-refractivity contribution < 1.29 is 19.4 Å². The van der Waals surface area contributed by atoms with Gasteiger partial charge in [-0.1, -0.05) is 20.3 Å². The predicted octanol–water partition coefficient (Wildman–Crippen LogP) is 2.34. The van der Waals surface area contributed by atoms with Crippen molar-refractivity contribution >= 4 is 11.9 Å². The van der Waals surface area contributed by atoms with Gasteiger partial charge in [-0.15, -0.1) is 0 Å². The van der Waals surface area contributed by atoms with E-state index in [4.69, 9.17) is 4.74 Å². The Morgan fingerprint density at radius 1 is 1.38 bits per heavy atom. The molecule has 1 saturated heterocycles. The number of hydrogen-bond donors (Lipinski definition) is 2. The van der Waals surface area contributed by atoms with Crippen molar-refractivity contribution in [1.29, 1.82) is 0 Å². The van der Waals surface area contributed by atoms with Crippen LogP contribution in [0.1, 0.15) is 58.8 Å². The third-order valence-electron chi connectivity index (χ3n) is 4.73. The third-order valence-corrected chi connectivity index (χ3v) is 4.73. The Bertz CT molecular complexity index is 390. The molecule has 5 nitrogen and oxygen atoms in total. The highest BCUT2D eigenvalue weighted by Gasteiger charge is 2.46. The summed E-state index contributed by atoms with van der Waals surface area (Å²) in [6.07, 6.45) is 5.15. The van der Waals surface area contributed by atoms with Crippen LogP contribution in [0, 0.1) is 11.3 Å². The molecular formula is C16H27NO4. The lowest BCUT2D eigenvalue weighted by molar-refractivity contribution is -0.157. The van der Waals surface area contributed by atoms with Gasteiger partial charge in [0.1, 0.15) is 0 Å². The van der Waals surface area contributed by atoms with Gasteiger partial charge in [0.05, 0.1) is 11.5 Å². The molecule has 2 fully saturated rings. The second kappa shape index (κ2) is 6.77. The summed E-state index contributed by atoms with van der Waals surface area (Å²) in [5, 5.41) is 12.3. The average molecular weight is 297 g/mol.